The number of aromatic nitrogens is 1. The average molecular weight is 303 g/mol. The number of nitrogens with zero attached hydrogens (tertiary/aromatic N) is 2. The highest BCUT2D eigenvalue weighted by atomic mass is 79.9. The van der Waals surface area contributed by atoms with Crippen LogP contribution in [0.1, 0.15) is 23.2 Å². The lowest BCUT2D eigenvalue weighted by Gasteiger charge is -2.35. The molecule has 1 aromatic rings. The molecule has 2 atom stereocenters. The van der Waals surface area contributed by atoms with Gasteiger partial charge < -0.3 is 14.2 Å². The minimum Gasteiger partial charge on any atom is -0.371 e. The van der Waals surface area contributed by atoms with Crippen LogP contribution in [0.4, 0.5) is 0 Å². The zero-order valence-corrected chi connectivity index (χ0v) is 11.4. The number of rotatable bonds is 2. The Morgan fingerprint density at radius 1 is 1.65 bits per heavy atom. The van der Waals surface area contributed by atoms with Crippen molar-refractivity contribution in [3.63, 3.8) is 0 Å². The maximum atomic E-state index is 12.2. The van der Waals surface area contributed by atoms with Gasteiger partial charge in [0.15, 0.2) is 5.69 Å². The predicted molar refractivity (Wildman–Crippen MR) is 65.3 cm³/mol. The summed E-state index contributed by atoms with van der Waals surface area (Å²) in [6.07, 6.45) is 0.0824. The van der Waals surface area contributed by atoms with Crippen molar-refractivity contribution in [2.75, 3.05) is 18.4 Å². The topological polar surface area (TPSA) is 55.6 Å². The summed E-state index contributed by atoms with van der Waals surface area (Å²) in [5.41, 5.74) is 0.366. The van der Waals surface area contributed by atoms with E-state index in [0.717, 1.165) is 5.33 Å². The summed E-state index contributed by atoms with van der Waals surface area (Å²) in [6, 6.07) is 1.66. The minimum absolute atomic E-state index is 0.0377. The van der Waals surface area contributed by atoms with E-state index >= 15 is 0 Å². The molecule has 1 aliphatic rings. The van der Waals surface area contributed by atoms with E-state index < -0.39 is 0 Å². The van der Waals surface area contributed by atoms with Gasteiger partial charge >= 0.3 is 0 Å². The van der Waals surface area contributed by atoms with E-state index in [4.69, 9.17) is 9.26 Å². The lowest BCUT2D eigenvalue weighted by Crippen LogP contribution is -2.49. The zero-order chi connectivity index (χ0) is 12.4. The molecular weight excluding hydrogens is 288 g/mol. The summed E-state index contributed by atoms with van der Waals surface area (Å²) < 4.78 is 10.6. The van der Waals surface area contributed by atoms with Gasteiger partial charge in [-0.1, -0.05) is 21.1 Å². The van der Waals surface area contributed by atoms with Gasteiger partial charge in [0.25, 0.3) is 5.91 Å². The average Bonchev–Trinajstić information content (AvgIpc) is 2.74. The molecule has 1 saturated heterocycles. The Bertz CT molecular complexity index is 407. The third-order valence-electron chi connectivity index (χ3n) is 2.63. The second kappa shape index (κ2) is 5.18. The van der Waals surface area contributed by atoms with Gasteiger partial charge in [-0.05, 0) is 13.8 Å². The molecular formula is C11H15BrN2O3. The Labute approximate surface area is 108 Å². The maximum absolute atomic E-state index is 12.2. The third-order valence-corrected chi connectivity index (χ3v) is 3.35. The molecule has 5 nitrogen and oxygen atoms in total. The number of hydrogen-bond donors (Lipinski definition) is 0. The highest BCUT2D eigenvalue weighted by Gasteiger charge is 2.29. The molecule has 1 aliphatic heterocycles. The summed E-state index contributed by atoms with van der Waals surface area (Å²) in [5.74, 6) is 0.551. The van der Waals surface area contributed by atoms with Crippen molar-refractivity contribution in [2.45, 2.75) is 26.1 Å². The van der Waals surface area contributed by atoms with Crippen LogP contribution in [0.3, 0.4) is 0 Å². The van der Waals surface area contributed by atoms with Crippen LogP contribution in [-0.2, 0) is 4.74 Å². The van der Waals surface area contributed by atoms with Crippen molar-refractivity contribution in [3.8, 4) is 0 Å². The van der Waals surface area contributed by atoms with E-state index in [2.05, 4.69) is 21.1 Å². The minimum atomic E-state index is -0.0945. The van der Waals surface area contributed by atoms with Crippen LogP contribution in [0.5, 0.6) is 0 Å². The van der Waals surface area contributed by atoms with E-state index in [-0.39, 0.29) is 18.1 Å². The Hall–Kier alpha value is -0.880. The molecule has 0 radical (unpaired) electrons. The van der Waals surface area contributed by atoms with Crippen LogP contribution in [0.15, 0.2) is 10.6 Å². The molecule has 0 aromatic carbocycles. The summed E-state index contributed by atoms with van der Waals surface area (Å²) >= 11 is 3.38. The van der Waals surface area contributed by atoms with Crippen LogP contribution >= 0.6 is 15.9 Å². The normalized spacial score (nSPS) is 25.0. The van der Waals surface area contributed by atoms with Gasteiger partial charge in [-0.3, -0.25) is 4.79 Å². The fourth-order valence-corrected chi connectivity index (χ4v) is 2.28. The zero-order valence-electron chi connectivity index (χ0n) is 9.85. The van der Waals surface area contributed by atoms with Crippen LogP contribution < -0.4 is 0 Å². The standard InChI is InChI=1S/C11H15BrN2O3/c1-7-3-10(13-17-7)11(15)14-5-8(2)16-9(4-12)6-14/h3,8-9H,4-6H2,1-2H3. The lowest BCUT2D eigenvalue weighted by atomic mass is 10.2. The van der Waals surface area contributed by atoms with E-state index in [9.17, 15) is 4.79 Å². The molecule has 0 aliphatic carbocycles. The highest BCUT2D eigenvalue weighted by Crippen LogP contribution is 2.15. The molecule has 17 heavy (non-hydrogen) atoms. The van der Waals surface area contributed by atoms with E-state index in [1.165, 1.54) is 0 Å². The third kappa shape index (κ3) is 2.87. The number of halogens is 1. The van der Waals surface area contributed by atoms with Crippen molar-refractivity contribution in [3.05, 3.63) is 17.5 Å². The Morgan fingerprint density at radius 3 is 3.00 bits per heavy atom. The van der Waals surface area contributed by atoms with Gasteiger partial charge in [0.2, 0.25) is 0 Å². The van der Waals surface area contributed by atoms with Crippen LogP contribution in [0, 0.1) is 6.92 Å². The molecule has 0 spiro atoms. The van der Waals surface area contributed by atoms with Crippen LogP contribution in [0.25, 0.3) is 0 Å². The number of amides is 1. The van der Waals surface area contributed by atoms with E-state index in [1.54, 1.807) is 17.9 Å². The smallest absolute Gasteiger partial charge is 0.276 e. The molecule has 1 aromatic heterocycles. The molecule has 1 amide bonds. The highest BCUT2D eigenvalue weighted by molar-refractivity contribution is 9.09. The number of carbonyl (C=O) groups excluding carboxylic acids is 1. The fourth-order valence-electron chi connectivity index (χ4n) is 1.93. The van der Waals surface area contributed by atoms with Gasteiger partial charge in [0.1, 0.15) is 5.76 Å². The van der Waals surface area contributed by atoms with Crippen molar-refractivity contribution in [2.24, 2.45) is 0 Å². The Kier molecular flexibility index (Phi) is 3.83. The Morgan fingerprint density at radius 2 is 2.41 bits per heavy atom. The van der Waals surface area contributed by atoms with Crippen molar-refractivity contribution >= 4 is 21.8 Å². The monoisotopic (exact) mass is 302 g/mol. The van der Waals surface area contributed by atoms with Crippen molar-refractivity contribution < 1.29 is 14.1 Å². The van der Waals surface area contributed by atoms with E-state index in [0.29, 0.717) is 24.5 Å². The summed E-state index contributed by atoms with van der Waals surface area (Å²) in [6.45, 7) is 4.91. The molecule has 1 fully saturated rings. The molecule has 0 N–H and O–H groups in total. The first kappa shape index (κ1) is 12.6. The first-order chi connectivity index (χ1) is 8.10. The number of morpholine rings is 1. The van der Waals surface area contributed by atoms with Gasteiger partial charge in [-0.15, -0.1) is 0 Å². The number of ether oxygens (including phenoxy) is 1. The van der Waals surface area contributed by atoms with Gasteiger partial charge in [0, 0.05) is 24.5 Å². The quantitative estimate of drug-likeness (QED) is 0.779. The molecule has 94 valence electrons. The number of alkyl halides is 1. The summed E-state index contributed by atoms with van der Waals surface area (Å²) in [7, 11) is 0. The molecule has 0 saturated carbocycles. The Balaban J connectivity index is 2.08. The number of hydrogen-bond acceptors (Lipinski definition) is 4. The van der Waals surface area contributed by atoms with Crippen LogP contribution in [0.2, 0.25) is 0 Å². The van der Waals surface area contributed by atoms with Gasteiger partial charge in [-0.25, -0.2) is 0 Å². The van der Waals surface area contributed by atoms with Crippen LogP contribution in [-0.4, -0.2) is 46.6 Å². The van der Waals surface area contributed by atoms with Gasteiger partial charge in [-0.2, -0.15) is 0 Å². The molecule has 2 unspecified atom stereocenters. The molecule has 2 heterocycles. The summed E-state index contributed by atoms with van der Waals surface area (Å²) in [4.78, 5) is 13.9. The number of aryl methyl sites for hydroxylation is 1. The molecule has 2 rings (SSSR count). The SMILES string of the molecule is Cc1cc(C(=O)N2CC(C)OC(CBr)C2)no1. The maximum Gasteiger partial charge on any atom is 0.276 e. The second-order valence-electron chi connectivity index (χ2n) is 4.26. The summed E-state index contributed by atoms with van der Waals surface area (Å²) in [5, 5.41) is 4.47. The predicted octanol–water partition coefficient (Wildman–Crippen LogP) is 1.61. The molecule has 0 bridgehead atoms. The number of carbonyl (C=O) groups is 1. The first-order valence-electron chi connectivity index (χ1n) is 5.54. The second-order valence-corrected chi connectivity index (χ2v) is 4.90. The van der Waals surface area contributed by atoms with E-state index in [1.807, 2.05) is 6.92 Å². The first-order valence-corrected chi connectivity index (χ1v) is 6.66. The fraction of sp³-hybridized carbons (Fsp3) is 0.636. The lowest BCUT2D eigenvalue weighted by molar-refractivity contribution is -0.0561. The van der Waals surface area contributed by atoms with Gasteiger partial charge in [0.05, 0.1) is 12.2 Å². The largest absolute Gasteiger partial charge is 0.371 e. The van der Waals surface area contributed by atoms with Crippen molar-refractivity contribution in [1.29, 1.82) is 0 Å². The molecule has 6 heteroatoms. The van der Waals surface area contributed by atoms with Crippen molar-refractivity contribution in [1.82, 2.24) is 10.1 Å².